The van der Waals surface area contributed by atoms with E-state index in [-0.39, 0.29) is 0 Å². The van der Waals surface area contributed by atoms with E-state index in [0.717, 1.165) is 0 Å². The van der Waals surface area contributed by atoms with Crippen LogP contribution in [0.3, 0.4) is 0 Å². The fourth-order valence-electron chi connectivity index (χ4n) is 6.24. The number of hydrogen-bond acceptors (Lipinski definition) is 0. The van der Waals surface area contributed by atoms with Gasteiger partial charge in [-0.2, -0.15) is 0 Å². The molecule has 0 saturated heterocycles. The van der Waals surface area contributed by atoms with E-state index >= 15 is 0 Å². The molecule has 0 N–H and O–H groups in total. The third kappa shape index (κ3) is 2.82. The van der Waals surface area contributed by atoms with E-state index in [9.17, 15) is 0 Å². The van der Waals surface area contributed by atoms with Crippen molar-refractivity contribution in [2.24, 2.45) is 7.05 Å². The summed E-state index contributed by atoms with van der Waals surface area (Å²) in [5, 5.41) is 2.89. The molecule has 0 bridgehead atoms. The Hall–Kier alpha value is -1.76. The monoisotopic (exact) mass is 401 g/mol. The van der Waals surface area contributed by atoms with Crippen LogP contribution < -0.4 is 65.6 Å². The van der Waals surface area contributed by atoms with Crippen molar-refractivity contribution in [3.8, 4) is 11.1 Å². The van der Waals surface area contributed by atoms with Crippen LogP contribution in [0.25, 0.3) is 32.9 Å². The molecule has 4 rings (SSSR count). The van der Waals surface area contributed by atoms with Crippen LogP contribution in [0.4, 0.5) is 0 Å². The molecule has 0 saturated carbocycles. The molecule has 0 aliphatic carbocycles. The molecule has 0 radical (unpaired) electrons. The van der Waals surface area contributed by atoms with Gasteiger partial charge in [0.25, 0.3) is 0 Å². The lowest BCUT2D eigenvalue weighted by molar-refractivity contribution is 1.02. The molecule has 0 fully saturated rings. The maximum atomic E-state index is 2.46. The van der Waals surface area contributed by atoms with Crippen LogP contribution in [0.1, 0.15) is 0 Å². The Labute approximate surface area is 203 Å². The smallest absolute Gasteiger partial charge is 0.141 e. The lowest BCUT2D eigenvalue weighted by atomic mass is 9.57. The van der Waals surface area contributed by atoms with Gasteiger partial charge in [-0.3, -0.25) is 0 Å². The first-order valence-electron chi connectivity index (χ1n) is 11.9. The highest BCUT2D eigenvalue weighted by Gasteiger charge is 2.24. The van der Waals surface area contributed by atoms with Gasteiger partial charge in [0, 0.05) is 23.5 Å². The summed E-state index contributed by atoms with van der Waals surface area (Å²) in [6, 6.07) is 0. The summed E-state index contributed by atoms with van der Waals surface area (Å²) in [6.07, 6.45) is 0. The van der Waals surface area contributed by atoms with Crippen LogP contribution in [0.15, 0.2) is 0 Å². The molecule has 0 unspecified atom stereocenters. The first-order chi connectivity index (χ1) is 14.8. The van der Waals surface area contributed by atoms with E-state index in [4.69, 9.17) is 0 Å². The maximum Gasteiger partial charge on any atom is 0.141 e. The number of nitrogens with zero attached hydrogens (tertiary/aromatic N) is 1. The number of hydrogen-bond donors (Lipinski definition) is 0. The highest BCUT2D eigenvalue weighted by atomic mass is 14.9. The fraction of sp³-hybridized carbons (Fsp3) is 0.0526. The predicted octanol–water partition coefficient (Wildman–Crippen LogP) is -15.9. The zero-order valence-corrected chi connectivity index (χ0v) is 22.4. The standard InChI is InChI=1S/C19H27B12N/c1-32-18-4(5-10(24)13(27)15(29)17(31)19(5)32)6(20)2(9(23)16(18)30)3-7(21)11(25)14(28)12(26)8(3)22/h20-31H2,1H3. The number of rotatable bonds is 1. The van der Waals surface area contributed by atoms with Crippen LogP contribution >= 0.6 is 0 Å². The Kier molecular flexibility index (Phi) is 5.59. The van der Waals surface area contributed by atoms with Crippen LogP contribution in [-0.4, -0.2) is 98.7 Å². The van der Waals surface area contributed by atoms with Crippen LogP contribution in [0.2, 0.25) is 0 Å². The molecule has 144 valence electrons. The van der Waals surface area contributed by atoms with E-state index in [1.54, 1.807) is 0 Å². The molecule has 3 aromatic carbocycles. The third-order valence-corrected chi connectivity index (χ3v) is 9.10. The fourth-order valence-corrected chi connectivity index (χ4v) is 6.24. The molecule has 1 heterocycles. The van der Waals surface area contributed by atoms with Gasteiger partial charge in [0.2, 0.25) is 0 Å². The van der Waals surface area contributed by atoms with E-state index in [1.807, 2.05) is 0 Å². The van der Waals surface area contributed by atoms with Crippen molar-refractivity contribution in [1.29, 1.82) is 0 Å². The summed E-state index contributed by atoms with van der Waals surface area (Å²) >= 11 is 0. The number of fused-ring (bicyclic) bond motifs is 3. The Bertz CT molecular complexity index is 1470. The van der Waals surface area contributed by atoms with Crippen molar-refractivity contribution in [2.45, 2.75) is 0 Å². The Balaban J connectivity index is 2.35. The summed E-state index contributed by atoms with van der Waals surface area (Å²) in [7, 11) is 29.9. The quantitative estimate of drug-likeness (QED) is 0.281. The minimum atomic E-state index is 1.39. The predicted molar refractivity (Wildman–Crippen MR) is 184 cm³/mol. The van der Waals surface area contributed by atoms with Crippen molar-refractivity contribution >= 4 is 182 Å². The van der Waals surface area contributed by atoms with Gasteiger partial charge in [0.15, 0.2) is 0 Å². The first-order valence-corrected chi connectivity index (χ1v) is 11.9. The van der Waals surface area contributed by atoms with Gasteiger partial charge in [-0.25, -0.2) is 0 Å². The number of aryl methyl sites for hydroxylation is 1. The molecule has 1 nitrogen and oxygen atoms in total. The van der Waals surface area contributed by atoms with Gasteiger partial charge in [0.05, 0.1) is 0 Å². The maximum absolute atomic E-state index is 2.46. The van der Waals surface area contributed by atoms with E-state index < -0.39 is 0 Å². The minimum absolute atomic E-state index is 1.39. The average molecular weight is 399 g/mol. The summed E-state index contributed by atoms with van der Waals surface area (Å²) in [6.45, 7) is 0. The Morgan fingerprint density at radius 1 is 0.344 bits per heavy atom. The Morgan fingerprint density at radius 2 is 0.625 bits per heavy atom. The summed E-state index contributed by atoms with van der Waals surface area (Å²) in [5.74, 6) is 0. The largest absolute Gasteiger partial charge is 0.345 e. The van der Waals surface area contributed by atoms with Crippen molar-refractivity contribution < 1.29 is 0 Å². The molecule has 4 aromatic rings. The van der Waals surface area contributed by atoms with Gasteiger partial charge < -0.3 is 4.57 Å². The summed E-state index contributed by atoms with van der Waals surface area (Å²) in [4.78, 5) is 0. The average Bonchev–Trinajstić information content (AvgIpc) is 3.07. The molecular weight excluding hydrogens is 372 g/mol. The topological polar surface area (TPSA) is 4.93 Å². The van der Waals surface area contributed by atoms with Gasteiger partial charge in [-0.1, -0.05) is 43.7 Å². The molecule has 13 heteroatoms. The molecule has 0 aliphatic heterocycles. The molecule has 0 aliphatic rings. The molecule has 32 heavy (non-hydrogen) atoms. The first kappa shape index (κ1) is 23.4. The highest BCUT2D eigenvalue weighted by Crippen LogP contribution is 2.24. The molecule has 1 aromatic heterocycles. The minimum Gasteiger partial charge on any atom is -0.345 e. The van der Waals surface area contributed by atoms with Gasteiger partial charge in [-0.15, -0.1) is 21.9 Å². The van der Waals surface area contributed by atoms with Crippen molar-refractivity contribution in [3.63, 3.8) is 0 Å². The van der Waals surface area contributed by atoms with Gasteiger partial charge in [-0.05, 0) is 16.5 Å². The molecular formula is C19H27B12N. The molecule has 0 amide bonds. The highest BCUT2D eigenvalue weighted by molar-refractivity contribution is 6.72. The van der Waals surface area contributed by atoms with Gasteiger partial charge in [0.1, 0.15) is 94.2 Å². The van der Waals surface area contributed by atoms with E-state index in [2.05, 4.69) is 106 Å². The normalized spacial score (nSPS) is 11.5. The van der Waals surface area contributed by atoms with Crippen molar-refractivity contribution in [2.75, 3.05) is 0 Å². The van der Waals surface area contributed by atoms with E-state index in [1.165, 1.54) is 98.5 Å². The zero-order valence-electron chi connectivity index (χ0n) is 22.4. The van der Waals surface area contributed by atoms with E-state index in [0.29, 0.717) is 0 Å². The number of aromatic nitrogens is 1. The van der Waals surface area contributed by atoms with Crippen LogP contribution in [0.5, 0.6) is 0 Å². The van der Waals surface area contributed by atoms with Crippen molar-refractivity contribution in [3.05, 3.63) is 0 Å². The second-order valence-electron chi connectivity index (χ2n) is 10.3. The van der Waals surface area contributed by atoms with Crippen LogP contribution in [0, 0.1) is 0 Å². The second kappa shape index (κ2) is 7.64. The van der Waals surface area contributed by atoms with Crippen molar-refractivity contribution in [1.82, 2.24) is 4.57 Å². The third-order valence-electron chi connectivity index (χ3n) is 9.10. The summed E-state index contributed by atoms with van der Waals surface area (Å²) in [5.41, 5.74) is 22.7. The molecule has 0 spiro atoms. The second-order valence-corrected chi connectivity index (χ2v) is 10.3. The summed E-state index contributed by atoms with van der Waals surface area (Å²) < 4.78 is 2.46. The SMILES string of the molecule is Bc1c(B)c(B)c(-c2c(B)c(B)c3c(c2B)c2c(B)c(B)c(B)c(B)c2n3C)c(B)c1B. The zero-order chi connectivity index (χ0) is 24.0. The lowest BCUT2D eigenvalue weighted by Gasteiger charge is -2.25. The number of benzene rings is 3. The molecule has 0 atom stereocenters. The lowest BCUT2D eigenvalue weighted by Crippen LogP contribution is -2.56. The Morgan fingerprint density at radius 3 is 1.12 bits per heavy atom. The van der Waals surface area contributed by atoms with Crippen LogP contribution in [-0.2, 0) is 7.05 Å². The van der Waals surface area contributed by atoms with Gasteiger partial charge >= 0.3 is 0 Å².